The fourth-order valence-corrected chi connectivity index (χ4v) is 1.84. The minimum absolute atomic E-state index is 0.800. The van der Waals surface area contributed by atoms with Gasteiger partial charge in [-0.3, -0.25) is 0 Å². The van der Waals surface area contributed by atoms with E-state index < -0.39 is 0 Å². The van der Waals surface area contributed by atoms with Gasteiger partial charge in [0.05, 0.1) is 0 Å². The molecule has 0 atom stereocenters. The van der Waals surface area contributed by atoms with Gasteiger partial charge in [0, 0.05) is 36.8 Å². The molecule has 0 fully saturated rings. The lowest BCUT2D eigenvalue weighted by Crippen LogP contribution is -1.88. The number of nitrogens with two attached hydrogens (primary N) is 2. The molecular formula is C21H28N4. The third kappa shape index (κ3) is 8.32. The lowest BCUT2D eigenvalue weighted by Gasteiger charge is -1.97. The molecule has 0 heterocycles. The van der Waals surface area contributed by atoms with E-state index in [1.165, 1.54) is 0 Å². The van der Waals surface area contributed by atoms with Crippen LogP contribution in [0.5, 0.6) is 0 Å². The molecule has 0 saturated heterocycles. The Kier molecular flexibility index (Phi) is 9.08. The van der Waals surface area contributed by atoms with E-state index in [1.54, 1.807) is 0 Å². The molecule has 0 spiro atoms. The molecule has 0 aliphatic rings. The van der Waals surface area contributed by atoms with Crippen LogP contribution in [0.3, 0.4) is 0 Å². The third-order valence-corrected chi connectivity index (χ3v) is 3.45. The number of nitrogens with one attached hydrogen (secondary N) is 2. The second-order valence-electron chi connectivity index (χ2n) is 5.34. The summed E-state index contributed by atoms with van der Waals surface area (Å²) in [6.45, 7) is 2.00. The summed E-state index contributed by atoms with van der Waals surface area (Å²) in [5.74, 6) is 0. The van der Waals surface area contributed by atoms with Crippen LogP contribution in [0.15, 0.2) is 78.9 Å². The quantitative estimate of drug-likeness (QED) is 0.515. The zero-order chi connectivity index (χ0) is 18.5. The number of hydrogen-bond acceptors (Lipinski definition) is 4. The molecule has 25 heavy (non-hydrogen) atoms. The van der Waals surface area contributed by atoms with Crippen LogP contribution in [0, 0.1) is 6.92 Å². The summed E-state index contributed by atoms with van der Waals surface area (Å²) >= 11 is 0. The second-order valence-corrected chi connectivity index (χ2v) is 5.34. The zero-order valence-electron chi connectivity index (χ0n) is 15.2. The number of anilines is 4. The van der Waals surface area contributed by atoms with Gasteiger partial charge in [0.1, 0.15) is 0 Å². The number of rotatable bonds is 2. The van der Waals surface area contributed by atoms with Crippen molar-refractivity contribution in [2.45, 2.75) is 6.92 Å². The normalized spacial score (nSPS) is 8.92. The molecule has 3 aromatic rings. The molecule has 0 aliphatic heterocycles. The molecule has 4 nitrogen and oxygen atoms in total. The molecule has 0 unspecified atom stereocenters. The Hall–Kier alpha value is -3.14. The predicted molar refractivity (Wildman–Crippen MR) is 112 cm³/mol. The van der Waals surface area contributed by atoms with Crippen LogP contribution in [0.25, 0.3) is 0 Å². The molecule has 0 saturated carbocycles. The summed E-state index contributed by atoms with van der Waals surface area (Å²) in [5, 5.41) is 6.03. The van der Waals surface area contributed by atoms with Crippen LogP contribution < -0.4 is 22.1 Å². The first-order valence-corrected chi connectivity index (χ1v) is 8.14. The summed E-state index contributed by atoms with van der Waals surface area (Å²) in [5.41, 5.74) is 16.0. The number of benzene rings is 3. The highest BCUT2D eigenvalue weighted by Crippen LogP contribution is 2.08. The average molecular weight is 336 g/mol. The number of para-hydroxylation sites is 2. The molecule has 0 aliphatic carbocycles. The topological polar surface area (TPSA) is 76.1 Å². The second kappa shape index (κ2) is 11.4. The van der Waals surface area contributed by atoms with E-state index in [4.69, 9.17) is 11.5 Å². The van der Waals surface area contributed by atoms with Gasteiger partial charge in [0.25, 0.3) is 0 Å². The Balaban J connectivity index is 0.000000188. The van der Waals surface area contributed by atoms with E-state index in [2.05, 4.69) is 10.6 Å². The zero-order valence-corrected chi connectivity index (χ0v) is 15.2. The van der Waals surface area contributed by atoms with Crippen molar-refractivity contribution in [1.82, 2.24) is 0 Å². The SMILES string of the molecule is CNc1ccc(N)cc1.CNc1ccccc1.Cc1ccccc1N. The Bertz CT molecular complexity index is 688. The van der Waals surface area contributed by atoms with Gasteiger partial charge in [-0.2, -0.15) is 0 Å². The van der Waals surface area contributed by atoms with Crippen molar-refractivity contribution < 1.29 is 0 Å². The molecule has 3 rings (SSSR count). The minimum Gasteiger partial charge on any atom is -0.399 e. The van der Waals surface area contributed by atoms with E-state index in [1.807, 2.05) is 99.9 Å². The van der Waals surface area contributed by atoms with Gasteiger partial charge in [-0.25, -0.2) is 0 Å². The standard InChI is InChI=1S/C7H10N2.2C7H9N/c1-9-7-4-2-6(8)3-5-7;1-8-7-5-3-2-4-6-7;1-6-4-2-3-5-7(6)8/h2-5,9H,8H2,1H3;2-6,8H,1H3;2-5H,8H2,1H3. The number of nitrogen functional groups attached to an aromatic ring is 2. The van der Waals surface area contributed by atoms with E-state index in [9.17, 15) is 0 Å². The first-order valence-electron chi connectivity index (χ1n) is 8.14. The van der Waals surface area contributed by atoms with E-state index >= 15 is 0 Å². The molecule has 0 amide bonds. The summed E-state index contributed by atoms with van der Waals surface area (Å²) in [6, 6.07) is 25.5. The molecule has 3 aromatic carbocycles. The molecule has 4 heteroatoms. The van der Waals surface area contributed by atoms with Gasteiger partial charge in [0.2, 0.25) is 0 Å². The maximum Gasteiger partial charge on any atom is 0.0343 e. The molecule has 0 bridgehead atoms. The highest BCUT2D eigenvalue weighted by atomic mass is 14.8. The Labute approximate surface area is 150 Å². The monoisotopic (exact) mass is 336 g/mol. The van der Waals surface area contributed by atoms with Crippen molar-refractivity contribution in [3.8, 4) is 0 Å². The molecule has 0 radical (unpaired) electrons. The average Bonchev–Trinajstić information content (AvgIpc) is 2.66. The minimum atomic E-state index is 0.800. The Morgan fingerprint density at radius 1 is 0.600 bits per heavy atom. The van der Waals surface area contributed by atoms with E-state index in [0.717, 1.165) is 28.3 Å². The van der Waals surface area contributed by atoms with Crippen molar-refractivity contribution in [1.29, 1.82) is 0 Å². The number of aryl methyl sites for hydroxylation is 1. The van der Waals surface area contributed by atoms with Gasteiger partial charge < -0.3 is 22.1 Å². The van der Waals surface area contributed by atoms with Crippen molar-refractivity contribution in [2.24, 2.45) is 0 Å². The predicted octanol–water partition coefficient (Wildman–Crippen LogP) is 4.62. The van der Waals surface area contributed by atoms with Crippen molar-refractivity contribution in [3.63, 3.8) is 0 Å². The summed E-state index contributed by atoms with van der Waals surface area (Å²) in [6.07, 6.45) is 0. The van der Waals surface area contributed by atoms with Crippen LogP contribution in [0.2, 0.25) is 0 Å². The lowest BCUT2D eigenvalue weighted by molar-refractivity contribution is 1.47. The largest absolute Gasteiger partial charge is 0.399 e. The van der Waals surface area contributed by atoms with Gasteiger partial charge in [-0.15, -0.1) is 0 Å². The fourth-order valence-electron chi connectivity index (χ4n) is 1.84. The summed E-state index contributed by atoms with van der Waals surface area (Å²) < 4.78 is 0. The maximum absolute atomic E-state index is 5.52. The van der Waals surface area contributed by atoms with Crippen molar-refractivity contribution >= 4 is 22.7 Å². The molecule has 132 valence electrons. The molecular weight excluding hydrogens is 308 g/mol. The van der Waals surface area contributed by atoms with Crippen LogP contribution in [-0.4, -0.2) is 14.1 Å². The van der Waals surface area contributed by atoms with E-state index in [0.29, 0.717) is 0 Å². The highest BCUT2D eigenvalue weighted by molar-refractivity contribution is 5.50. The van der Waals surface area contributed by atoms with Crippen LogP contribution >= 0.6 is 0 Å². The van der Waals surface area contributed by atoms with Crippen molar-refractivity contribution in [3.05, 3.63) is 84.4 Å². The highest BCUT2D eigenvalue weighted by Gasteiger charge is 1.85. The smallest absolute Gasteiger partial charge is 0.0343 e. The lowest BCUT2D eigenvalue weighted by atomic mass is 10.2. The van der Waals surface area contributed by atoms with Gasteiger partial charge >= 0.3 is 0 Å². The van der Waals surface area contributed by atoms with Crippen molar-refractivity contribution in [2.75, 3.05) is 36.2 Å². The van der Waals surface area contributed by atoms with Crippen LogP contribution in [0.4, 0.5) is 22.7 Å². The first-order chi connectivity index (χ1) is 12.1. The summed E-state index contributed by atoms with van der Waals surface area (Å²) in [4.78, 5) is 0. The number of hydrogen-bond donors (Lipinski definition) is 4. The molecule has 6 N–H and O–H groups in total. The Morgan fingerprint density at radius 3 is 1.48 bits per heavy atom. The van der Waals surface area contributed by atoms with Gasteiger partial charge in [-0.1, -0.05) is 36.4 Å². The maximum atomic E-state index is 5.52. The first kappa shape index (κ1) is 19.9. The summed E-state index contributed by atoms with van der Waals surface area (Å²) in [7, 11) is 3.79. The van der Waals surface area contributed by atoms with Gasteiger partial charge in [-0.05, 0) is 55.0 Å². The third-order valence-electron chi connectivity index (χ3n) is 3.45. The van der Waals surface area contributed by atoms with Crippen LogP contribution in [0.1, 0.15) is 5.56 Å². The Morgan fingerprint density at radius 2 is 1.08 bits per heavy atom. The molecule has 0 aromatic heterocycles. The van der Waals surface area contributed by atoms with E-state index in [-0.39, 0.29) is 0 Å². The van der Waals surface area contributed by atoms with Crippen LogP contribution in [-0.2, 0) is 0 Å². The van der Waals surface area contributed by atoms with Gasteiger partial charge in [0.15, 0.2) is 0 Å². The fraction of sp³-hybridized carbons (Fsp3) is 0.143.